The van der Waals surface area contributed by atoms with Crippen molar-refractivity contribution < 1.29 is 14.5 Å². The Bertz CT molecular complexity index is 905. The van der Waals surface area contributed by atoms with Gasteiger partial charge < -0.3 is 0 Å². The van der Waals surface area contributed by atoms with Crippen LogP contribution in [0.25, 0.3) is 0 Å². The number of nitrogens with zero attached hydrogens (tertiary/aromatic N) is 2. The van der Waals surface area contributed by atoms with Gasteiger partial charge in [-0.2, -0.15) is 0 Å². The standard InChI is InChI=1S/C20H20N2O4/c1-9(2)16-12-5-6-13(16)18-17(12)19(23)21(20(18)24)14-7-10(3)11(4)8-15(14)22(25)26/h5-8,12-13,17-18H,1-4H3/t12-,13-,17-,18-/m1/s1. The Labute approximate surface area is 151 Å². The highest BCUT2D eigenvalue weighted by Crippen LogP contribution is 2.57. The number of amides is 2. The lowest BCUT2D eigenvalue weighted by Crippen LogP contribution is -2.34. The first kappa shape index (κ1) is 16.7. The van der Waals surface area contributed by atoms with E-state index in [1.165, 1.54) is 6.07 Å². The summed E-state index contributed by atoms with van der Waals surface area (Å²) in [5, 5.41) is 11.5. The molecule has 1 aromatic carbocycles. The number of rotatable bonds is 2. The van der Waals surface area contributed by atoms with Crippen LogP contribution >= 0.6 is 0 Å². The second kappa shape index (κ2) is 5.37. The number of nitro benzene ring substituents is 1. The van der Waals surface area contributed by atoms with Gasteiger partial charge in [0.25, 0.3) is 5.69 Å². The van der Waals surface area contributed by atoms with Crippen LogP contribution in [-0.2, 0) is 9.59 Å². The number of aryl methyl sites for hydroxylation is 2. The minimum Gasteiger partial charge on any atom is -0.274 e. The van der Waals surface area contributed by atoms with Crippen molar-refractivity contribution in [2.24, 2.45) is 23.7 Å². The number of imide groups is 1. The van der Waals surface area contributed by atoms with Crippen LogP contribution in [0.3, 0.4) is 0 Å². The number of fused-ring (bicyclic) bond motifs is 5. The number of nitro groups is 1. The van der Waals surface area contributed by atoms with Gasteiger partial charge in [-0.05, 0) is 44.9 Å². The molecule has 1 heterocycles. The number of carbonyl (C=O) groups is 2. The summed E-state index contributed by atoms with van der Waals surface area (Å²) >= 11 is 0. The van der Waals surface area contributed by atoms with E-state index < -0.39 is 16.8 Å². The van der Waals surface area contributed by atoms with Gasteiger partial charge in [-0.25, -0.2) is 4.90 Å². The van der Waals surface area contributed by atoms with Crippen molar-refractivity contribution in [3.63, 3.8) is 0 Å². The van der Waals surface area contributed by atoms with Gasteiger partial charge in [0.05, 0.1) is 16.8 Å². The zero-order valence-electron chi connectivity index (χ0n) is 15.1. The van der Waals surface area contributed by atoms with E-state index in [9.17, 15) is 19.7 Å². The third-order valence-electron chi connectivity index (χ3n) is 6.02. The molecule has 2 amide bonds. The molecule has 6 heteroatoms. The van der Waals surface area contributed by atoms with Crippen molar-refractivity contribution in [3.8, 4) is 0 Å². The molecule has 0 N–H and O–H groups in total. The first-order valence-corrected chi connectivity index (χ1v) is 8.73. The molecule has 1 saturated carbocycles. The fraction of sp³-hybridized carbons (Fsp3) is 0.400. The van der Waals surface area contributed by atoms with E-state index in [-0.39, 0.29) is 35.0 Å². The molecule has 6 nitrogen and oxygen atoms in total. The highest BCUT2D eigenvalue weighted by molar-refractivity contribution is 6.24. The Balaban J connectivity index is 1.83. The predicted octanol–water partition coefficient (Wildman–Crippen LogP) is 3.47. The van der Waals surface area contributed by atoms with Crippen LogP contribution in [0, 0.1) is 47.6 Å². The van der Waals surface area contributed by atoms with Crippen molar-refractivity contribution in [1.29, 1.82) is 0 Å². The Morgan fingerprint density at radius 2 is 1.50 bits per heavy atom. The van der Waals surface area contributed by atoms with Gasteiger partial charge in [-0.15, -0.1) is 0 Å². The molecule has 1 aliphatic heterocycles. The van der Waals surface area contributed by atoms with Gasteiger partial charge in [0.2, 0.25) is 11.8 Å². The lowest BCUT2D eigenvalue weighted by Gasteiger charge is -2.20. The average Bonchev–Trinajstić information content (AvgIpc) is 3.20. The summed E-state index contributed by atoms with van der Waals surface area (Å²) in [6, 6.07) is 3.02. The summed E-state index contributed by atoms with van der Waals surface area (Å²) in [5.74, 6) is -1.65. The van der Waals surface area contributed by atoms with Crippen LogP contribution in [-0.4, -0.2) is 16.7 Å². The normalized spacial score (nSPS) is 28.9. The number of hydrogen-bond acceptors (Lipinski definition) is 4. The SMILES string of the molecule is CC(C)=C1[C@H]2C=C[C@H]1[C@H]1C(=O)N(c3cc(C)c(C)cc3[N+](=O)[O-])C(=O)[C@@H]12. The fourth-order valence-corrected chi connectivity index (χ4v) is 4.78. The number of carbonyl (C=O) groups excluding carboxylic acids is 2. The molecule has 0 aromatic heterocycles. The molecule has 2 fully saturated rings. The Hall–Kier alpha value is -2.76. The summed E-state index contributed by atoms with van der Waals surface area (Å²) in [7, 11) is 0. The van der Waals surface area contributed by atoms with Gasteiger partial charge in [-0.3, -0.25) is 19.7 Å². The molecule has 2 bridgehead atoms. The largest absolute Gasteiger partial charge is 0.293 e. The molecular formula is C20H20N2O4. The molecule has 3 aliphatic rings. The maximum Gasteiger partial charge on any atom is 0.293 e. The lowest BCUT2D eigenvalue weighted by atomic mass is 9.85. The molecule has 2 aliphatic carbocycles. The van der Waals surface area contributed by atoms with Crippen molar-refractivity contribution in [3.05, 3.63) is 56.7 Å². The Morgan fingerprint density at radius 3 is 1.96 bits per heavy atom. The average molecular weight is 352 g/mol. The van der Waals surface area contributed by atoms with Gasteiger partial charge in [0.15, 0.2) is 0 Å². The Kier molecular flexibility index (Phi) is 3.45. The van der Waals surface area contributed by atoms with Gasteiger partial charge in [0.1, 0.15) is 5.69 Å². The van der Waals surface area contributed by atoms with Crippen LogP contribution in [0.5, 0.6) is 0 Å². The van der Waals surface area contributed by atoms with E-state index in [0.29, 0.717) is 0 Å². The molecule has 1 aromatic rings. The third kappa shape index (κ3) is 1.98. The molecule has 0 unspecified atom stereocenters. The molecule has 134 valence electrons. The number of anilines is 1. The molecule has 26 heavy (non-hydrogen) atoms. The highest BCUT2D eigenvalue weighted by atomic mass is 16.6. The van der Waals surface area contributed by atoms with Crippen LogP contribution in [0.2, 0.25) is 0 Å². The smallest absolute Gasteiger partial charge is 0.274 e. The predicted molar refractivity (Wildman–Crippen MR) is 96.5 cm³/mol. The quantitative estimate of drug-likeness (QED) is 0.353. The highest BCUT2D eigenvalue weighted by Gasteiger charge is 2.62. The maximum atomic E-state index is 13.2. The van der Waals surface area contributed by atoms with Crippen LogP contribution in [0.15, 0.2) is 35.4 Å². The van der Waals surface area contributed by atoms with Crippen LogP contribution in [0.4, 0.5) is 11.4 Å². The van der Waals surface area contributed by atoms with Gasteiger partial charge >= 0.3 is 0 Å². The Morgan fingerprint density at radius 1 is 1.00 bits per heavy atom. The summed E-state index contributed by atoms with van der Waals surface area (Å²) in [6.07, 6.45) is 4.02. The molecule has 4 atom stereocenters. The minimum absolute atomic E-state index is 0.0675. The van der Waals surface area contributed by atoms with Crippen LogP contribution in [0.1, 0.15) is 25.0 Å². The van der Waals surface area contributed by atoms with E-state index in [1.807, 2.05) is 32.9 Å². The second-order valence-corrected chi connectivity index (χ2v) is 7.64. The zero-order valence-corrected chi connectivity index (χ0v) is 15.1. The van der Waals surface area contributed by atoms with E-state index >= 15 is 0 Å². The van der Waals surface area contributed by atoms with Crippen molar-refractivity contribution in [1.82, 2.24) is 0 Å². The summed E-state index contributed by atoms with van der Waals surface area (Å²) < 4.78 is 0. The molecular weight excluding hydrogens is 332 g/mol. The van der Waals surface area contributed by atoms with Crippen molar-refractivity contribution in [2.75, 3.05) is 4.90 Å². The number of hydrogen-bond donors (Lipinski definition) is 0. The fourth-order valence-electron chi connectivity index (χ4n) is 4.78. The molecule has 4 rings (SSSR count). The summed E-state index contributed by atoms with van der Waals surface area (Å²) in [6.45, 7) is 7.61. The van der Waals surface area contributed by atoms with E-state index in [1.54, 1.807) is 13.0 Å². The number of benzene rings is 1. The van der Waals surface area contributed by atoms with E-state index in [0.717, 1.165) is 27.2 Å². The zero-order chi connectivity index (χ0) is 18.9. The third-order valence-corrected chi connectivity index (χ3v) is 6.02. The van der Waals surface area contributed by atoms with Crippen molar-refractivity contribution in [2.45, 2.75) is 27.7 Å². The van der Waals surface area contributed by atoms with Crippen LogP contribution < -0.4 is 4.90 Å². The molecule has 1 saturated heterocycles. The number of allylic oxidation sites excluding steroid dienone is 4. The lowest BCUT2D eigenvalue weighted by molar-refractivity contribution is -0.384. The monoisotopic (exact) mass is 352 g/mol. The second-order valence-electron chi connectivity index (χ2n) is 7.64. The molecule has 0 radical (unpaired) electrons. The van der Waals surface area contributed by atoms with Gasteiger partial charge in [0, 0.05) is 17.9 Å². The van der Waals surface area contributed by atoms with E-state index in [4.69, 9.17) is 0 Å². The van der Waals surface area contributed by atoms with Crippen molar-refractivity contribution >= 4 is 23.2 Å². The van der Waals surface area contributed by atoms with E-state index in [2.05, 4.69) is 0 Å². The summed E-state index contributed by atoms with van der Waals surface area (Å²) in [4.78, 5) is 38.4. The molecule has 0 spiro atoms. The first-order chi connectivity index (χ1) is 12.2. The maximum absolute atomic E-state index is 13.2. The topological polar surface area (TPSA) is 80.5 Å². The minimum atomic E-state index is -0.523. The summed E-state index contributed by atoms with van der Waals surface area (Å²) in [5.41, 5.74) is 3.78. The first-order valence-electron chi connectivity index (χ1n) is 8.73. The van der Waals surface area contributed by atoms with Gasteiger partial charge in [-0.1, -0.05) is 23.3 Å².